The Labute approximate surface area is 211 Å². The van der Waals surface area contributed by atoms with Crippen LogP contribution in [-0.4, -0.2) is 63.8 Å². The lowest BCUT2D eigenvalue weighted by atomic mass is 10.1. The van der Waals surface area contributed by atoms with Crippen LogP contribution in [0.5, 0.6) is 0 Å². The third-order valence-electron chi connectivity index (χ3n) is 6.70. The molecule has 2 aliphatic heterocycles. The molecule has 0 radical (unpaired) electrons. The Balaban J connectivity index is 1.24. The minimum absolute atomic E-state index is 0.104. The van der Waals surface area contributed by atoms with E-state index >= 15 is 0 Å². The maximum Gasteiger partial charge on any atom is 0.252 e. The van der Waals surface area contributed by atoms with Crippen molar-refractivity contribution in [3.05, 3.63) is 53.7 Å². The quantitative estimate of drug-likeness (QED) is 0.378. The number of carbonyl (C=O) groups is 1. The van der Waals surface area contributed by atoms with Gasteiger partial charge in [0.1, 0.15) is 12.0 Å². The van der Waals surface area contributed by atoms with E-state index in [0.717, 1.165) is 53.8 Å². The van der Waals surface area contributed by atoms with Crippen molar-refractivity contribution in [3.63, 3.8) is 0 Å². The summed E-state index contributed by atoms with van der Waals surface area (Å²) in [5.74, 6) is 0.629. The fourth-order valence-corrected chi connectivity index (χ4v) is 4.68. The minimum Gasteiger partial charge on any atom is -0.363 e. The molecule has 11 heteroatoms. The van der Waals surface area contributed by atoms with Crippen LogP contribution in [0.15, 0.2) is 36.9 Å². The third-order valence-corrected chi connectivity index (χ3v) is 6.70. The molecular formula is C25H34N10O. The van der Waals surface area contributed by atoms with Gasteiger partial charge in [0.25, 0.3) is 5.91 Å². The Morgan fingerprint density at radius 3 is 2.72 bits per heavy atom. The molecule has 3 aromatic heterocycles. The molecule has 0 saturated carbocycles. The fourth-order valence-electron chi connectivity index (χ4n) is 4.68. The molecule has 0 aliphatic carbocycles. The van der Waals surface area contributed by atoms with E-state index in [-0.39, 0.29) is 12.1 Å². The summed E-state index contributed by atoms with van der Waals surface area (Å²) >= 11 is 0. The molecule has 1 saturated heterocycles. The molecule has 1 fully saturated rings. The third kappa shape index (κ3) is 5.42. The standard InChI is InChI=1S/C25H34N10O/c1-17-21(11-18(13-27-17)25(36)26-7-10-35-8-5-4-6-9-35)31-24-20-15-28-23(12-22(20)34(3)32-24)30-19-14-29-33(2)16-19/h11-16,24,31-32H,4-10H2,1-3H3,(H,26,36)(H,28,30). The number of hydrazine groups is 1. The molecule has 190 valence electrons. The predicted octanol–water partition coefficient (Wildman–Crippen LogP) is 2.54. The number of likely N-dealkylation sites (tertiary alicyclic amines) is 1. The molecule has 0 aromatic carbocycles. The Bertz CT molecular complexity index is 1220. The van der Waals surface area contributed by atoms with Gasteiger partial charge in [0.05, 0.1) is 34.5 Å². The van der Waals surface area contributed by atoms with Crippen molar-refractivity contribution >= 4 is 28.8 Å². The summed E-state index contributed by atoms with van der Waals surface area (Å²) in [6.07, 6.45) is 10.7. The molecule has 0 spiro atoms. The molecule has 36 heavy (non-hydrogen) atoms. The van der Waals surface area contributed by atoms with E-state index in [0.29, 0.717) is 12.1 Å². The van der Waals surface area contributed by atoms with Crippen molar-refractivity contribution in [1.29, 1.82) is 0 Å². The van der Waals surface area contributed by atoms with Crippen LogP contribution in [0.4, 0.5) is 22.9 Å². The highest BCUT2D eigenvalue weighted by Gasteiger charge is 2.27. The largest absolute Gasteiger partial charge is 0.363 e. The zero-order valence-corrected chi connectivity index (χ0v) is 21.1. The molecular weight excluding hydrogens is 456 g/mol. The van der Waals surface area contributed by atoms with Gasteiger partial charge < -0.3 is 25.9 Å². The number of aromatic nitrogens is 4. The lowest BCUT2D eigenvalue weighted by molar-refractivity contribution is 0.0946. The van der Waals surface area contributed by atoms with Gasteiger partial charge in [-0.15, -0.1) is 0 Å². The summed E-state index contributed by atoms with van der Waals surface area (Å²) in [6, 6.07) is 3.86. The first kappa shape index (κ1) is 24.0. The van der Waals surface area contributed by atoms with E-state index in [1.807, 2.05) is 50.6 Å². The van der Waals surface area contributed by atoms with Gasteiger partial charge in [-0.1, -0.05) is 6.42 Å². The van der Waals surface area contributed by atoms with Crippen molar-refractivity contribution in [2.24, 2.45) is 7.05 Å². The van der Waals surface area contributed by atoms with Crippen molar-refractivity contribution in [3.8, 4) is 0 Å². The second-order valence-electron chi connectivity index (χ2n) is 9.44. The molecule has 4 N–H and O–H groups in total. The summed E-state index contributed by atoms with van der Waals surface area (Å²) in [5, 5.41) is 16.0. The number of nitrogens with zero attached hydrogens (tertiary/aromatic N) is 6. The monoisotopic (exact) mass is 490 g/mol. The number of fused-ring (bicyclic) bond motifs is 1. The smallest absolute Gasteiger partial charge is 0.252 e. The Kier molecular flexibility index (Phi) is 7.01. The molecule has 1 atom stereocenters. The van der Waals surface area contributed by atoms with Crippen molar-refractivity contribution in [2.75, 3.05) is 48.9 Å². The second-order valence-corrected chi connectivity index (χ2v) is 9.44. The van der Waals surface area contributed by atoms with Crippen LogP contribution in [0, 0.1) is 6.92 Å². The van der Waals surface area contributed by atoms with Gasteiger partial charge in [0.15, 0.2) is 0 Å². The van der Waals surface area contributed by atoms with E-state index in [2.05, 4.69) is 41.3 Å². The van der Waals surface area contributed by atoms with Crippen LogP contribution in [-0.2, 0) is 7.05 Å². The van der Waals surface area contributed by atoms with E-state index in [1.165, 1.54) is 19.3 Å². The summed E-state index contributed by atoms with van der Waals surface area (Å²) in [4.78, 5) is 24.2. The number of hydrogen-bond acceptors (Lipinski definition) is 9. The van der Waals surface area contributed by atoms with Crippen LogP contribution < -0.4 is 26.4 Å². The number of amides is 1. The highest BCUT2D eigenvalue weighted by molar-refractivity contribution is 5.94. The summed E-state index contributed by atoms with van der Waals surface area (Å²) in [5.41, 5.74) is 8.46. The van der Waals surface area contributed by atoms with Crippen molar-refractivity contribution in [1.82, 2.24) is 35.4 Å². The van der Waals surface area contributed by atoms with Gasteiger partial charge >= 0.3 is 0 Å². The average Bonchev–Trinajstić information content (AvgIpc) is 3.43. The molecule has 5 heterocycles. The van der Waals surface area contributed by atoms with E-state index in [9.17, 15) is 4.79 Å². The number of pyridine rings is 2. The van der Waals surface area contributed by atoms with Gasteiger partial charge in [-0.05, 0) is 38.9 Å². The molecule has 3 aromatic rings. The number of nitrogens with one attached hydrogen (secondary N) is 4. The number of carbonyl (C=O) groups excluding carboxylic acids is 1. The van der Waals surface area contributed by atoms with Crippen LogP contribution in [0.1, 0.15) is 47.0 Å². The minimum atomic E-state index is -0.206. The number of anilines is 4. The van der Waals surface area contributed by atoms with E-state index in [1.54, 1.807) is 17.1 Å². The SMILES string of the molecule is Cc1ncc(C(=O)NCCN2CCCCC2)cc1NC1NN(C)c2cc(Nc3cnn(C)c3)ncc21. The Morgan fingerprint density at radius 2 is 1.94 bits per heavy atom. The first-order valence-corrected chi connectivity index (χ1v) is 12.5. The highest BCUT2D eigenvalue weighted by atomic mass is 16.1. The number of aryl methyl sites for hydroxylation is 2. The molecule has 0 bridgehead atoms. The van der Waals surface area contributed by atoms with E-state index in [4.69, 9.17) is 0 Å². The lowest BCUT2D eigenvalue weighted by Crippen LogP contribution is -2.37. The van der Waals surface area contributed by atoms with Crippen LogP contribution in [0.3, 0.4) is 0 Å². The van der Waals surface area contributed by atoms with Gasteiger partial charge in [0.2, 0.25) is 0 Å². The zero-order chi connectivity index (χ0) is 25.1. The molecule has 1 amide bonds. The van der Waals surface area contributed by atoms with Gasteiger partial charge in [0, 0.05) is 57.4 Å². The normalized spacial score (nSPS) is 17.6. The van der Waals surface area contributed by atoms with Crippen LogP contribution in [0.2, 0.25) is 0 Å². The van der Waals surface area contributed by atoms with Crippen molar-refractivity contribution < 1.29 is 4.79 Å². The maximum atomic E-state index is 12.8. The number of piperidine rings is 1. The summed E-state index contributed by atoms with van der Waals surface area (Å²) in [7, 11) is 3.84. The molecule has 2 aliphatic rings. The average molecular weight is 491 g/mol. The van der Waals surface area contributed by atoms with Crippen LogP contribution >= 0.6 is 0 Å². The van der Waals surface area contributed by atoms with Crippen molar-refractivity contribution in [2.45, 2.75) is 32.4 Å². The first-order valence-electron chi connectivity index (χ1n) is 12.5. The molecule has 5 rings (SSSR count). The summed E-state index contributed by atoms with van der Waals surface area (Å²) < 4.78 is 1.74. The molecule has 11 nitrogen and oxygen atoms in total. The number of hydrogen-bond donors (Lipinski definition) is 4. The predicted molar refractivity (Wildman–Crippen MR) is 140 cm³/mol. The Hall–Kier alpha value is -3.70. The first-order chi connectivity index (χ1) is 17.5. The summed E-state index contributed by atoms with van der Waals surface area (Å²) in [6.45, 7) is 5.69. The molecule has 1 unspecified atom stereocenters. The lowest BCUT2D eigenvalue weighted by Gasteiger charge is -2.26. The van der Waals surface area contributed by atoms with Gasteiger partial charge in [-0.25, -0.2) is 10.4 Å². The number of rotatable bonds is 8. The maximum absolute atomic E-state index is 12.8. The highest BCUT2D eigenvalue weighted by Crippen LogP contribution is 2.34. The zero-order valence-electron chi connectivity index (χ0n) is 21.1. The van der Waals surface area contributed by atoms with Gasteiger partial charge in [-0.3, -0.25) is 14.5 Å². The van der Waals surface area contributed by atoms with E-state index < -0.39 is 0 Å². The van der Waals surface area contributed by atoms with Crippen LogP contribution in [0.25, 0.3) is 0 Å². The Morgan fingerprint density at radius 1 is 1.11 bits per heavy atom. The fraction of sp³-hybridized carbons (Fsp3) is 0.440. The van der Waals surface area contributed by atoms with Gasteiger partial charge in [-0.2, -0.15) is 5.10 Å². The second kappa shape index (κ2) is 10.5. The topological polar surface area (TPSA) is 115 Å².